The lowest BCUT2D eigenvalue weighted by molar-refractivity contribution is -0.121. The smallest absolute Gasteiger partial charge is 0.220 e. The normalized spacial score (nSPS) is 12.8. The SMILES string of the molecule is O=C(CCc1cccc(Cl)c1Cl)NCc1cccc2c1OCCO2. The van der Waals surface area contributed by atoms with Gasteiger partial charge in [-0.2, -0.15) is 0 Å². The van der Waals surface area contributed by atoms with Gasteiger partial charge in [0, 0.05) is 18.5 Å². The third-order valence-electron chi connectivity index (χ3n) is 3.78. The van der Waals surface area contributed by atoms with Crippen molar-refractivity contribution in [1.82, 2.24) is 5.32 Å². The summed E-state index contributed by atoms with van der Waals surface area (Å²) in [6, 6.07) is 11.1. The van der Waals surface area contributed by atoms with Crippen molar-refractivity contribution >= 4 is 29.1 Å². The lowest BCUT2D eigenvalue weighted by Crippen LogP contribution is -2.24. The van der Waals surface area contributed by atoms with Crippen LogP contribution in [0, 0.1) is 0 Å². The third-order valence-corrected chi connectivity index (χ3v) is 4.63. The quantitative estimate of drug-likeness (QED) is 0.870. The molecule has 6 heteroatoms. The number of halogens is 2. The van der Waals surface area contributed by atoms with Crippen LogP contribution in [0.15, 0.2) is 36.4 Å². The fourth-order valence-corrected chi connectivity index (χ4v) is 2.96. The minimum Gasteiger partial charge on any atom is -0.486 e. The first-order chi connectivity index (χ1) is 11.6. The van der Waals surface area contributed by atoms with Gasteiger partial charge < -0.3 is 14.8 Å². The minimum absolute atomic E-state index is 0.0552. The predicted octanol–water partition coefficient (Wildman–Crippen LogP) is 4.01. The Morgan fingerprint density at radius 3 is 2.67 bits per heavy atom. The van der Waals surface area contributed by atoms with Crippen LogP contribution < -0.4 is 14.8 Å². The van der Waals surface area contributed by atoms with Crippen molar-refractivity contribution in [3.05, 3.63) is 57.6 Å². The molecule has 1 heterocycles. The zero-order chi connectivity index (χ0) is 16.9. The molecule has 0 spiro atoms. The number of nitrogens with one attached hydrogen (secondary N) is 1. The van der Waals surface area contributed by atoms with Crippen molar-refractivity contribution in [2.75, 3.05) is 13.2 Å². The average Bonchev–Trinajstić information content (AvgIpc) is 2.61. The largest absolute Gasteiger partial charge is 0.486 e. The molecule has 3 rings (SSSR count). The Hall–Kier alpha value is -1.91. The van der Waals surface area contributed by atoms with Crippen LogP contribution in [-0.4, -0.2) is 19.1 Å². The molecule has 1 aliphatic rings. The molecule has 1 N–H and O–H groups in total. The van der Waals surface area contributed by atoms with Crippen LogP contribution in [0.25, 0.3) is 0 Å². The number of carbonyl (C=O) groups excluding carboxylic acids is 1. The summed E-state index contributed by atoms with van der Waals surface area (Å²) in [7, 11) is 0. The number of benzene rings is 2. The van der Waals surface area contributed by atoms with Gasteiger partial charge >= 0.3 is 0 Å². The van der Waals surface area contributed by atoms with Gasteiger partial charge in [-0.15, -0.1) is 0 Å². The Labute approximate surface area is 150 Å². The van der Waals surface area contributed by atoms with Crippen molar-refractivity contribution in [2.45, 2.75) is 19.4 Å². The number of hydrogen-bond acceptors (Lipinski definition) is 3. The van der Waals surface area contributed by atoms with Gasteiger partial charge in [0.1, 0.15) is 13.2 Å². The van der Waals surface area contributed by atoms with Gasteiger partial charge in [0.25, 0.3) is 0 Å². The molecular formula is C18H17Cl2NO3. The molecule has 0 unspecified atom stereocenters. The highest BCUT2D eigenvalue weighted by Crippen LogP contribution is 2.33. The fraction of sp³-hybridized carbons (Fsp3) is 0.278. The van der Waals surface area contributed by atoms with Crippen molar-refractivity contribution < 1.29 is 14.3 Å². The first-order valence-corrected chi connectivity index (χ1v) is 8.48. The molecule has 0 radical (unpaired) electrons. The van der Waals surface area contributed by atoms with Gasteiger partial charge in [-0.05, 0) is 24.1 Å². The van der Waals surface area contributed by atoms with Crippen molar-refractivity contribution in [3.63, 3.8) is 0 Å². The molecule has 1 aliphatic heterocycles. The highest BCUT2D eigenvalue weighted by atomic mass is 35.5. The zero-order valence-electron chi connectivity index (χ0n) is 13.0. The molecule has 0 saturated heterocycles. The number of hydrogen-bond donors (Lipinski definition) is 1. The molecule has 24 heavy (non-hydrogen) atoms. The summed E-state index contributed by atoms with van der Waals surface area (Å²) in [6.45, 7) is 1.46. The fourth-order valence-electron chi connectivity index (χ4n) is 2.55. The van der Waals surface area contributed by atoms with Crippen LogP contribution >= 0.6 is 23.2 Å². The summed E-state index contributed by atoms with van der Waals surface area (Å²) in [4.78, 5) is 12.1. The van der Waals surface area contributed by atoms with Crippen LogP contribution in [0.2, 0.25) is 10.0 Å². The number of ether oxygens (including phenoxy) is 2. The number of rotatable bonds is 5. The van der Waals surface area contributed by atoms with Gasteiger partial charge in [0.15, 0.2) is 11.5 Å². The first kappa shape index (κ1) is 16.9. The monoisotopic (exact) mass is 365 g/mol. The topological polar surface area (TPSA) is 47.6 Å². The van der Waals surface area contributed by atoms with E-state index in [9.17, 15) is 4.79 Å². The maximum absolute atomic E-state index is 12.1. The molecule has 4 nitrogen and oxygen atoms in total. The molecule has 0 atom stereocenters. The standard InChI is InChI=1S/C18H17Cl2NO3/c19-14-5-1-3-12(17(14)20)7-8-16(22)21-11-13-4-2-6-15-18(13)24-10-9-23-15/h1-6H,7-11H2,(H,21,22). The van der Waals surface area contributed by atoms with Gasteiger partial charge in [-0.1, -0.05) is 47.5 Å². The van der Waals surface area contributed by atoms with Crippen LogP contribution in [0.5, 0.6) is 11.5 Å². The van der Waals surface area contributed by atoms with Crippen molar-refractivity contribution in [3.8, 4) is 11.5 Å². The molecule has 0 bridgehead atoms. The second kappa shape index (κ2) is 7.77. The second-order valence-electron chi connectivity index (χ2n) is 5.43. The van der Waals surface area contributed by atoms with Crippen LogP contribution in [0.1, 0.15) is 17.5 Å². The third kappa shape index (κ3) is 3.94. The molecule has 0 aliphatic carbocycles. The summed E-state index contributed by atoms with van der Waals surface area (Å²) in [5, 5.41) is 3.91. The molecule has 0 saturated carbocycles. The van der Waals surface area contributed by atoms with Gasteiger partial charge in [0.05, 0.1) is 10.0 Å². The Balaban J connectivity index is 1.56. The van der Waals surface area contributed by atoms with E-state index in [1.54, 1.807) is 6.07 Å². The Morgan fingerprint density at radius 1 is 1.04 bits per heavy atom. The van der Waals surface area contributed by atoms with Crippen LogP contribution in [0.3, 0.4) is 0 Å². The van der Waals surface area contributed by atoms with E-state index in [0.717, 1.165) is 16.9 Å². The molecule has 2 aromatic carbocycles. The van der Waals surface area contributed by atoms with E-state index in [0.29, 0.717) is 48.4 Å². The Morgan fingerprint density at radius 2 is 1.79 bits per heavy atom. The first-order valence-electron chi connectivity index (χ1n) is 7.72. The summed E-state index contributed by atoms with van der Waals surface area (Å²) in [5.74, 6) is 1.38. The van der Waals surface area contributed by atoms with Crippen molar-refractivity contribution in [2.24, 2.45) is 0 Å². The summed E-state index contributed by atoms with van der Waals surface area (Å²) in [5.41, 5.74) is 1.77. The maximum Gasteiger partial charge on any atom is 0.220 e. The number of para-hydroxylation sites is 1. The molecule has 0 fully saturated rings. The number of fused-ring (bicyclic) bond motifs is 1. The lowest BCUT2D eigenvalue weighted by atomic mass is 10.1. The highest BCUT2D eigenvalue weighted by molar-refractivity contribution is 6.42. The molecule has 126 valence electrons. The summed E-state index contributed by atoms with van der Waals surface area (Å²) in [6.07, 6.45) is 0.879. The van der Waals surface area contributed by atoms with E-state index < -0.39 is 0 Å². The number of carbonyl (C=O) groups is 1. The Kier molecular flexibility index (Phi) is 5.48. The lowest BCUT2D eigenvalue weighted by Gasteiger charge is -2.21. The van der Waals surface area contributed by atoms with E-state index in [1.807, 2.05) is 30.3 Å². The molecule has 2 aromatic rings. The second-order valence-corrected chi connectivity index (χ2v) is 6.22. The minimum atomic E-state index is -0.0552. The van der Waals surface area contributed by atoms with Gasteiger partial charge in [0.2, 0.25) is 5.91 Å². The summed E-state index contributed by atoms with van der Waals surface area (Å²) < 4.78 is 11.2. The zero-order valence-corrected chi connectivity index (χ0v) is 14.5. The van der Waals surface area contributed by atoms with Gasteiger partial charge in [-0.25, -0.2) is 0 Å². The average molecular weight is 366 g/mol. The Bertz CT molecular complexity index is 749. The van der Waals surface area contributed by atoms with E-state index in [1.165, 1.54) is 0 Å². The highest BCUT2D eigenvalue weighted by Gasteiger charge is 2.16. The van der Waals surface area contributed by atoms with E-state index in [2.05, 4.69) is 5.32 Å². The van der Waals surface area contributed by atoms with E-state index in [-0.39, 0.29) is 5.91 Å². The van der Waals surface area contributed by atoms with Crippen LogP contribution in [0.4, 0.5) is 0 Å². The predicted molar refractivity (Wildman–Crippen MR) is 94.1 cm³/mol. The molecule has 0 aromatic heterocycles. The summed E-state index contributed by atoms with van der Waals surface area (Å²) >= 11 is 12.1. The molecule has 1 amide bonds. The van der Waals surface area contributed by atoms with Gasteiger partial charge in [-0.3, -0.25) is 4.79 Å². The number of amides is 1. The number of aryl methyl sites for hydroxylation is 1. The maximum atomic E-state index is 12.1. The van der Waals surface area contributed by atoms with E-state index >= 15 is 0 Å². The molecular weight excluding hydrogens is 349 g/mol. The van der Waals surface area contributed by atoms with Crippen LogP contribution in [-0.2, 0) is 17.8 Å². The van der Waals surface area contributed by atoms with Crippen molar-refractivity contribution in [1.29, 1.82) is 0 Å². The van der Waals surface area contributed by atoms with E-state index in [4.69, 9.17) is 32.7 Å².